The minimum atomic E-state index is -0.00686. The molecule has 0 saturated heterocycles. The smallest absolute Gasteiger partial charge is 0.163 e. The SMILES string of the molecule is COc1ccc(-c2cnn(C)c2)cc1C(C)=O. The molecular formula is C13H14N2O2. The van der Waals surface area contributed by atoms with Crippen molar-refractivity contribution in [1.82, 2.24) is 9.78 Å². The van der Waals surface area contributed by atoms with Crippen LogP contribution in [-0.4, -0.2) is 22.7 Å². The van der Waals surface area contributed by atoms with Crippen molar-refractivity contribution in [1.29, 1.82) is 0 Å². The molecule has 2 rings (SSSR count). The first-order chi connectivity index (χ1) is 8.11. The average molecular weight is 230 g/mol. The van der Waals surface area contributed by atoms with E-state index in [1.807, 2.05) is 25.4 Å². The fourth-order valence-corrected chi connectivity index (χ4v) is 1.73. The van der Waals surface area contributed by atoms with Crippen molar-refractivity contribution < 1.29 is 9.53 Å². The molecule has 2 aromatic rings. The van der Waals surface area contributed by atoms with Gasteiger partial charge in [-0.2, -0.15) is 5.10 Å². The van der Waals surface area contributed by atoms with Crippen LogP contribution in [0.3, 0.4) is 0 Å². The number of ether oxygens (including phenoxy) is 1. The maximum Gasteiger partial charge on any atom is 0.163 e. The Labute approximate surface area is 99.8 Å². The molecule has 1 aromatic carbocycles. The lowest BCUT2D eigenvalue weighted by Gasteiger charge is -2.07. The van der Waals surface area contributed by atoms with Gasteiger partial charge in [0.15, 0.2) is 5.78 Å². The van der Waals surface area contributed by atoms with Crippen molar-refractivity contribution in [2.75, 3.05) is 7.11 Å². The summed E-state index contributed by atoms with van der Waals surface area (Å²) < 4.78 is 6.89. The normalized spacial score (nSPS) is 10.3. The Morgan fingerprint density at radius 1 is 1.35 bits per heavy atom. The minimum Gasteiger partial charge on any atom is -0.496 e. The van der Waals surface area contributed by atoms with E-state index >= 15 is 0 Å². The van der Waals surface area contributed by atoms with Crippen molar-refractivity contribution >= 4 is 5.78 Å². The van der Waals surface area contributed by atoms with Gasteiger partial charge in [-0.3, -0.25) is 9.48 Å². The first-order valence-corrected chi connectivity index (χ1v) is 5.30. The van der Waals surface area contributed by atoms with E-state index in [9.17, 15) is 4.79 Å². The zero-order chi connectivity index (χ0) is 12.4. The highest BCUT2D eigenvalue weighted by atomic mass is 16.5. The molecular weight excluding hydrogens is 216 g/mol. The van der Waals surface area contributed by atoms with E-state index in [1.54, 1.807) is 24.1 Å². The fraction of sp³-hybridized carbons (Fsp3) is 0.231. The number of aromatic nitrogens is 2. The average Bonchev–Trinajstić information content (AvgIpc) is 2.75. The number of hydrogen-bond acceptors (Lipinski definition) is 3. The van der Waals surface area contributed by atoms with Gasteiger partial charge in [-0.05, 0) is 24.6 Å². The van der Waals surface area contributed by atoms with Crippen molar-refractivity contribution in [3.8, 4) is 16.9 Å². The van der Waals surface area contributed by atoms with Gasteiger partial charge in [-0.15, -0.1) is 0 Å². The van der Waals surface area contributed by atoms with E-state index in [-0.39, 0.29) is 5.78 Å². The molecule has 0 spiro atoms. The van der Waals surface area contributed by atoms with Gasteiger partial charge in [-0.1, -0.05) is 6.07 Å². The predicted molar refractivity (Wildman–Crippen MR) is 65.2 cm³/mol. The number of rotatable bonds is 3. The van der Waals surface area contributed by atoms with Crippen LogP contribution in [0.15, 0.2) is 30.6 Å². The number of carbonyl (C=O) groups is 1. The number of nitrogens with zero attached hydrogens (tertiary/aromatic N) is 2. The fourth-order valence-electron chi connectivity index (χ4n) is 1.73. The second kappa shape index (κ2) is 4.41. The molecule has 88 valence electrons. The summed E-state index contributed by atoms with van der Waals surface area (Å²) in [4.78, 5) is 11.5. The molecule has 0 aliphatic carbocycles. The van der Waals surface area contributed by atoms with Crippen molar-refractivity contribution in [3.63, 3.8) is 0 Å². The number of aryl methyl sites for hydroxylation is 1. The van der Waals surface area contributed by atoms with Crippen LogP contribution in [-0.2, 0) is 7.05 Å². The number of ketones is 1. The molecule has 0 N–H and O–H groups in total. The summed E-state index contributed by atoms with van der Waals surface area (Å²) in [7, 11) is 3.42. The van der Waals surface area contributed by atoms with Crippen LogP contribution < -0.4 is 4.74 Å². The van der Waals surface area contributed by atoms with Gasteiger partial charge in [-0.25, -0.2) is 0 Å². The van der Waals surface area contributed by atoms with E-state index in [0.717, 1.165) is 11.1 Å². The third-order valence-electron chi connectivity index (χ3n) is 2.62. The number of methoxy groups -OCH3 is 1. The lowest BCUT2D eigenvalue weighted by molar-refractivity contribution is 0.101. The van der Waals surface area contributed by atoms with Gasteiger partial charge < -0.3 is 4.74 Å². The zero-order valence-electron chi connectivity index (χ0n) is 10.1. The summed E-state index contributed by atoms with van der Waals surface area (Å²) in [5, 5.41) is 4.11. The Hall–Kier alpha value is -2.10. The Morgan fingerprint density at radius 3 is 2.65 bits per heavy atom. The van der Waals surface area contributed by atoms with Crippen LogP contribution in [0.5, 0.6) is 5.75 Å². The van der Waals surface area contributed by atoms with Crippen molar-refractivity contribution in [2.45, 2.75) is 6.92 Å². The van der Waals surface area contributed by atoms with E-state index in [4.69, 9.17) is 4.74 Å². The molecule has 0 fully saturated rings. The van der Waals surface area contributed by atoms with Crippen molar-refractivity contribution in [3.05, 3.63) is 36.2 Å². The summed E-state index contributed by atoms with van der Waals surface area (Å²) in [6, 6.07) is 5.56. The standard InChI is InChI=1S/C13H14N2O2/c1-9(16)12-6-10(4-5-13(12)17-3)11-7-14-15(2)8-11/h4-8H,1-3H3. The van der Waals surface area contributed by atoms with E-state index < -0.39 is 0 Å². The molecule has 0 saturated carbocycles. The van der Waals surface area contributed by atoms with Gasteiger partial charge in [0.25, 0.3) is 0 Å². The monoisotopic (exact) mass is 230 g/mol. The van der Waals surface area contributed by atoms with E-state index in [1.165, 1.54) is 6.92 Å². The first kappa shape index (κ1) is 11.4. The molecule has 0 radical (unpaired) electrons. The van der Waals surface area contributed by atoms with Crippen LogP contribution in [0.1, 0.15) is 17.3 Å². The maximum atomic E-state index is 11.5. The van der Waals surface area contributed by atoms with E-state index in [2.05, 4.69) is 5.10 Å². The van der Waals surface area contributed by atoms with Crippen LogP contribution in [0.4, 0.5) is 0 Å². The minimum absolute atomic E-state index is 0.00686. The highest BCUT2D eigenvalue weighted by Gasteiger charge is 2.10. The largest absolute Gasteiger partial charge is 0.496 e. The molecule has 0 bridgehead atoms. The molecule has 0 aliphatic heterocycles. The lowest BCUT2D eigenvalue weighted by atomic mass is 10.0. The Balaban J connectivity index is 2.50. The second-order valence-electron chi connectivity index (χ2n) is 3.87. The zero-order valence-corrected chi connectivity index (χ0v) is 10.1. The third-order valence-corrected chi connectivity index (χ3v) is 2.62. The summed E-state index contributed by atoms with van der Waals surface area (Å²) >= 11 is 0. The summed E-state index contributed by atoms with van der Waals surface area (Å²) in [5.41, 5.74) is 2.54. The molecule has 0 aliphatic rings. The van der Waals surface area contributed by atoms with Gasteiger partial charge >= 0.3 is 0 Å². The lowest BCUT2D eigenvalue weighted by Crippen LogP contribution is -1.97. The molecule has 0 unspecified atom stereocenters. The quantitative estimate of drug-likeness (QED) is 0.760. The molecule has 1 heterocycles. The third kappa shape index (κ3) is 2.20. The van der Waals surface area contributed by atoms with E-state index in [0.29, 0.717) is 11.3 Å². The van der Waals surface area contributed by atoms with Crippen LogP contribution in [0.25, 0.3) is 11.1 Å². The molecule has 4 heteroatoms. The predicted octanol–water partition coefficient (Wildman–Crippen LogP) is 2.30. The number of carbonyl (C=O) groups excluding carboxylic acids is 1. The van der Waals surface area contributed by atoms with Gasteiger partial charge in [0.05, 0.1) is 18.9 Å². The summed E-state index contributed by atoms with van der Waals surface area (Å²) in [5.74, 6) is 0.595. The van der Waals surface area contributed by atoms with Crippen molar-refractivity contribution in [2.24, 2.45) is 7.05 Å². The summed E-state index contributed by atoms with van der Waals surface area (Å²) in [6.07, 6.45) is 3.68. The Kier molecular flexibility index (Phi) is 2.95. The molecule has 17 heavy (non-hydrogen) atoms. The van der Waals surface area contributed by atoms with Gasteiger partial charge in [0.1, 0.15) is 5.75 Å². The Morgan fingerprint density at radius 2 is 2.12 bits per heavy atom. The number of Topliss-reactive ketones (excluding diaryl/α,β-unsaturated/α-hetero) is 1. The number of benzene rings is 1. The first-order valence-electron chi connectivity index (χ1n) is 5.30. The van der Waals surface area contributed by atoms with Crippen LogP contribution in [0.2, 0.25) is 0 Å². The molecule has 1 aromatic heterocycles. The molecule has 0 amide bonds. The highest BCUT2D eigenvalue weighted by molar-refractivity contribution is 5.98. The molecule has 4 nitrogen and oxygen atoms in total. The topological polar surface area (TPSA) is 44.1 Å². The van der Waals surface area contributed by atoms with Crippen LogP contribution >= 0.6 is 0 Å². The maximum absolute atomic E-state index is 11.5. The summed E-state index contributed by atoms with van der Waals surface area (Å²) in [6.45, 7) is 1.53. The number of hydrogen-bond donors (Lipinski definition) is 0. The Bertz CT molecular complexity index is 558. The van der Waals surface area contributed by atoms with Gasteiger partial charge in [0, 0.05) is 18.8 Å². The molecule has 0 atom stereocenters. The van der Waals surface area contributed by atoms with Gasteiger partial charge in [0.2, 0.25) is 0 Å². The highest BCUT2D eigenvalue weighted by Crippen LogP contribution is 2.26. The van der Waals surface area contributed by atoms with Crippen LogP contribution in [0, 0.1) is 0 Å². The second-order valence-corrected chi connectivity index (χ2v) is 3.87.